The first-order valence-electron chi connectivity index (χ1n) is 4.80. The zero-order chi connectivity index (χ0) is 12.0. The summed E-state index contributed by atoms with van der Waals surface area (Å²) >= 11 is 16.3. The van der Waals surface area contributed by atoms with Crippen LogP contribution >= 0.6 is 35.4 Å². The fourth-order valence-electron chi connectivity index (χ4n) is 1.25. The Balaban J connectivity index is 4.28. The average Bonchev–Trinajstić information content (AvgIpc) is 2.12. The quantitative estimate of drug-likeness (QED) is 0.722. The van der Waals surface area contributed by atoms with Crippen LogP contribution in [-0.4, -0.2) is 28.8 Å². The van der Waals surface area contributed by atoms with Gasteiger partial charge in [0, 0.05) is 17.6 Å². The van der Waals surface area contributed by atoms with Gasteiger partial charge >= 0.3 is 0 Å². The lowest BCUT2D eigenvalue weighted by atomic mass is 10.2. The molecule has 0 aromatic heterocycles. The average molecular weight is 270 g/mol. The van der Waals surface area contributed by atoms with Crippen molar-refractivity contribution in [1.82, 2.24) is 4.90 Å². The molecule has 0 unspecified atom stereocenters. The molecule has 0 aromatic carbocycles. The second-order valence-corrected chi connectivity index (χ2v) is 4.76. The van der Waals surface area contributed by atoms with Crippen LogP contribution in [0.25, 0.3) is 0 Å². The minimum Gasteiger partial charge on any atom is -0.465 e. The zero-order valence-corrected chi connectivity index (χ0v) is 11.8. The second-order valence-electron chi connectivity index (χ2n) is 3.71. The maximum atomic E-state index is 5.70. The van der Waals surface area contributed by atoms with Crippen LogP contribution in [0.3, 0.4) is 0 Å². The van der Waals surface area contributed by atoms with Gasteiger partial charge in [-0.15, -0.1) is 0 Å². The van der Waals surface area contributed by atoms with E-state index in [1.165, 1.54) is 5.54 Å². The second kappa shape index (κ2) is 7.31. The highest BCUT2D eigenvalue weighted by Gasteiger charge is 2.17. The van der Waals surface area contributed by atoms with Crippen LogP contribution in [0.15, 0.2) is 10.6 Å². The lowest BCUT2D eigenvalue weighted by molar-refractivity contribution is 0.209. The van der Waals surface area contributed by atoms with Crippen molar-refractivity contribution >= 4 is 40.6 Å². The van der Waals surface area contributed by atoms with Crippen molar-refractivity contribution in [3.8, 4) is 0 Å². The Labute approximate surface area is 107 Å². The molecule has 0 aliphatic heterocycles. The smallest absolute Gasteiger partial charge is 0.260 e. The molecule has 5 heteroatoms. The third-order valence-electron chi connectivity index (χ3n) is 1.78. The van der Waals surface area contributed by atoms with E-state index in [9.17, 15) is 0 Å². The molecule has 0 bridgehead atoms. The topological polar surface area (TPSA) is 12.5 Å². The summed E-state index contributed by atoms with van der Waals surface area (Å²) in [5, 5.41) is 0.892. The van der Waals surface area contributed by atoms with Gasteiger partial charge in [-0.2, -0.15) is 0 Å². The van der Waals surface area contributed by atoms with Gasteiger partial charge in [-0.25, -0.2) is 0 Å². The summed E-state index contributed by atoms with van der Waals surface area (Å²) in [6, 6.07) is 0.604. The van der Waals surface area contributed by atoms with Gasteiger partial charge in [-0.3, -0.25) is 0 Å². The van der Waals surface area contributed by atoms with Gasteiger partial charge in [0.25, 0.3) is 5.17 Å². The first-order valence-corrected chi connectivity index (χ1v) is 6.02. The van der Waals surface area contributed by atoms with Gasteiger partial charge in [-0.05, 0) is 39.9 Å². The molecule has 2 nitrogen and oxygen atoms in total. The maximum absolute atomic E-state index is 5.70. The van der Waals surface area contributed by atoms with Crippen LogP contribution in [0, 0.1) is 0 Å². The predicted molar refractivity (Wildman–Crippen MR) is 70.5 cm³/mol. The highest BCUT2D eigenvalue weighted by Crippen LogP contribution is 2.10. The molecule has 0 aromatic rings. The normalized spacial score (nSPS) is 12.1. The third kappa shape index (κ3) is 5.59. The van der Waals surface area contributed by atoms with Crippen molar-refractivity contribution < 1.29 is 4.74 Å². The van der Waals surface area contributed by atoms with Gasteiger partial charge in [-0.1, -0.05) is 23.2 Å². The Morgan fingerprint density at radius 3 is 2.13 bits per heavy atom. The fourth-order valence-corrected chi connectivity index (χ4v) is 1.85. The van der Waals surface area contributed by atoms with Crippen molar-refractivity contribution in [3.05, 3.63) is 10.6 Å². The first kappa shape index (κ1) is 15.0. The van der Waals surface area contributed by atoms with Crippen molar-refractivity contribution in [2.24, 2.45) is 0 Å². The Kier molecular flexibility index (Phi) is 7.32. The van der Waals surface area contributed by atoms with Crippen LogP contribution in [0.4, 0.5) is 0 Å². The highest BCUT2D eigenvalue weighted by atomic mass is 35.5. The maximum Gasteiger partial charge on any atom is 0.260 e. The van der Waals surface area contributed by atoms with E-state index in [0.717, 1.165) is 0 Å². The molecule has 0 atom stereocenters. The third-order valence-corrected chi connectivity index (χ3v) is 2.70. The molecule has 15 heavy (non-hydrogen) atoms. The molecule has 0 radical (unpaired) electrons. The van der Waals surface area contributed by atoms with E-state index in [1.54, 1.807) is 0 Å². The molecule has 0 heterocycles. The number of halogens is 2. The Morgan fingerprint density at radius 1 is 1.33 bits per heavy atom. The van der Waals surface area contributed by atoms with E-state index in [0.29, 0.717) is 22.3 Å². The minimum absolute atomic E-state index is 0.222. The largest absolute Gasteiger partial charge is 0.465 e. The summed E-state index contributed by atoms with van der Waals surface area (Å²) in [6.45, 7) is 8.48. The number of rotatable bonds is 4. The fraction of sp³-hybridized carbons (Fsp3) is 0.700. The van der Waals surface area contributed by atoms with Gasteiger partial charge in [0.1, 0.15) is 6.61 Å². The summed E-state index contributed by atoms with van der Waals surface area (Å²) < 4.78 is 5.35. The van der Waals surface area contributed by atoms with Crippen molar-refractivity contribution in [2.45, 2.75) is 39.8 Å². The lowest BCUT2D eigenvalue weighted by Crippen LogP contribution is -2.42. The SMILES string of the molecule is CC(C)N(C(=S)OC/C(Cl)=C/Cl)C(C)C. The van der Waals surface area contributed by atoms with Gasteiger partial charge in [0.05, 0.1) is 5.03 Å². The summed E-state index contributed by atoms with van der Waals surface area (Å²) in [5.41, 5.74) is 1.28. The van der Waals surface area contributed by atoms with E-state index in [-0.39, 0.29) is 6.61 Å². The van der Waals surface area contributed by atoms with Crippen LogP contribution in [0.1, 0.15) is 27.7 Å². The van der Waals surface area contributed by atoms with E-state index in [4.69, 9.17) is 40.2 Å². The molecular formula is C10H17Cl2NOS. The first-order chi connectivity index (χ1) is 6.90. The number of thiocarbonyl (C=S) groups is 1. The predicted octanol–water partition coefficient (Wildman–Crippen LogP) is 3.73. The molecule has 0 amide bonds. The summed E-state index contributed by atoms with van der Waals surface area (Å²) in [4.78, 5) is 2.01. The number of nitrogens with zero attached hydrogens (tertiary/aromatic N) is 1. The van der Waals surface area contributed by atoms with Crippen LogP contribution in [0.2, 0.25) is 0 Å². The summed E-state index contributed by atoms with van der Waals surface area (Å²) in [7, 11) is 0. The standard InChI is InChI=1S/C10H17Cl2NOS/c1-7(2)13(8(3)4)10(15)14-6-9(12)5-11/h5,7-8H,6H2,1-4H3/b9-5-. The van der Waals surface area contributed by atoms with Crippen molar-refractivity contribution in [2.75, 3.05) is 6.61 Å². The zero-order valence-electron chi connectivity index (χ0n) is 9.46. The van der Waals surface area contributed by atoms with Gasteiger partial charge in [0.2, 0.25) is 0 Å². The van der Waals surface area contributed by atoms with Crippen molar-refractivity contribution in [3.63, 3.8) is 0 Å². The van der Waals surface area contributed by atoms with E-state index >= 15 is 0 Å². The Hall–Kier alpha value is 0.01000. The van der Waals surface area contributed by atoms with Gasteiger partial charge in [0.15, 0.2) is 0 Å². The monoisotopic (exact) mass is 269 g/mol. The molecule has 0 fully saturated rings. The van der Waals surface area contributed by atoms with E-state index in [1.807, 2.05) is 4.90 Å². The van der Waals surface area contributed by atoms with Crippen LogP contribution < -0.4 is 0 Å². The minimum atomic E-state index is 0.222. The van der Waals surface area contributed by atoms with E-state index < -0.39 is 0 Å². The molecular weight excluding hydrogens is 253 g/mol. The van der Waals surface area contributed by atoms with E-state index in [2.05, 4.69) is 27.7 Å². The van der Waals surface area contributed by atoms with Gasteiger partial charge < -0.3 is 9.64 Å². The van der Waals surface area contributed by atoms with Crippen molar-refractivity contribution in [1.29, 1.82) is 0 Å². The molecule has 0 rings (SSSR count). The molecule has 0 saturated carbocycles. The number of hydrogen-bond acceptors (Lipinski definition) is 2. The highest BCUT2D eigenvalue weighted by molar-refractivity contribution is 7.80. The Bertz CT molecular complexity index is 234. The Morgan fingerprint density at radius 2 is 1.80 bits per heavy atom. The van der Waals surface area contributed by atoms with Crippen LogP contribution in [-0.2, 0) is 4.74 Å². The molecule has 0 spiro atoms. The summed E-state index contributed by atoms with van der Waals surface area (Å²) in [6.07, 6.45) is 0. The molecule has 0 aliphatic carbocycles. The van der Waals surface area contributed by atoms with Crippen LogP contribution in [0.5, 0.6) is 0 Å². The molecule has 0 aliphatic rings. The molecule has 88 valence electrons. The molecule has 0 saturated heterocycles. The summed E-state index contributed by atoms with van der Waals surface area (Å²) in [5.74, 6) is 0. The number of hydrogen-bond donors (Lipinski definition) is 0. The molecule has 0 N–H and O–H groups in total. The number of ether oxygens (including phenoxy) is 1. The lowest BCUT2D eigenvalue weighted by Gasteiger charge is -2.32.